The maximum absolute atomic E-state index is 5.21. The van der Waals surface area contributed by atoms with Gasteiger partial charge in [-0.25, -0.2) is 0 Å². The van der Waals surface area contributed by atoms with Gasteiger partial charge >= 0.3 is 0 Å². The average molecular weight is 181 g/mol. The van der Waals surface area contributed by atoms with Crippen LogP contribution in [0.5, 0.6) is 0 Å². The van der Waals surface area contributed by atoms with Crippen molar-refractivity contribution in [1.82, 2.24) is 5.32 Å². The first-order chi connectivity index (χ1) is 5.95. The zero-order valence-electron chi connectivity index (χ0n) is 9.48. The normalized spacial score (nSPS) is 13.8. The lowest BCUT2D eigenvalue weighted by Gasteiger charge is -2.21. The molecule has 1 heteroatoms. The number of hydrogen-bond donors (Lipinski definition) is 1. The maximum atomic E-state index is 5.21. The molecule has 0 aromatic rings. The van der Waals surface area contributed by atoms with Crippen molar-refractivity contribution in [2.24, 2.45) is 5.92 Å². The lowest BCUT2D eigenvalue weighted by molar-refractivity contribution is 0.388. The molecule has 0 saturated heterocycles. The Kier molecular flexibility index (Phi) is 5.82. The Morgan fingerprint density at radius 2 is 1.92 bits per heavy atom. The lowest BCUT2D eigenvalue weighted by Crippen LogP contribution is -2.36. The second kappa shape index (κ2) is 6.05. The highest BCUT2D eigenvalue weighted by molar-refractivity contribution is 4.83. The smallest absolute Gasteiger partial charge is 0.00965 e. The maximum Gasteiger partial charge on any atom is 0.00965 e. The minimum absolute atomic E-state index is 0.242. The first-order valence-corrected chi connectivity index (χ1v) is 5.14. The van der Waals surface area contributed by atoms with Crippen LogP contribution < -0.4 is 5.32 Å². The van der Waals surface area contributed by atoms with E-state index >= 15 is 0 Å². The Hall–Kier alpha value is -0.480. The van der Waals surface area contributed by atoms with Crippen LogP contribution in [0.2, 0.25) is 0 Å². The summed E-state index contributed by atoms with van der Waals surface area (Å²) in [5, 5.41) is 3.48. The standard InChI is InChI=1S/C12H23N/c1-6-7-8-11(2)9-10-13-12(3,4)5/h1,11,13H,7-10H2,2-5H3. The van der Waals surface area contributed by atoms with Gasteiger partial charge in [-0.1, -0.05) is 6.92 Å². The molecule has 0 spiro atoms. The van der Waals surface area contributed by atoms with Crippen LogP contribution in [0.25, 0.3) is 0 Å². The summed E-state index contributed by atoms with van der Waals surface area (Å²) in [6.07, 6.45) is 8.50. The number of rotatable bonds is 5. The van der Waals surface area contributed by atoms with Crippen molar-refractivity contribution in [1.29, 1.82) is 0 Å². The summed E-state index contributed by atoms with van der Waals surface area (Å²) in [4.78, 5) is 0. The van der Waals surface area contributed by atoms with Crippen molar-refractivity contribution in [3.63, 3.8) is 0 Å². The third-order valence-corrected chi connectivity index (χ3v) is 2.07. The molecule has 1 nitrogen and oxygen atoms in total. The van der Waals surface area contributed by atoms with Crippen molar-refractivity contribution in [3.8, 4) is 12.3 Å². The van der Waals surface area contributed by atoms with Gasteiger partial charge in [-0.2, -0.15) is 0 Å². The molecule has 1 unspecified atom stereocenters. The van der Waals surface area contributed by atoms with E-state index in [0.717, 1.165) is 25.3 Å². The summed E-state index contributed by atoms with van der Waals surface area (Å²) in [6.45, 7) is 9.94. The van der Waals surface area contributed by atoms with Crippen molar-refractivity contribution in [3.05, 3.63) is 0 Å². The van der Waals surface area contributed by atoms with Gasteiger partial charge in [0.2, 0.25) is 0 Å². The topological polar surface area (TPSA) is 12.0 Å². The van der Waals surface area contributed by atoms with Crippen LogP contribution in [0.4, 0.5) is 0 Å². The highest BCUT2D eigenvalue weighted by Crippen LogP contribution is 2.09. The Labute approximate surface area is 83.3 Å². The Balaban J connectivity index is 3.38. The monoisotopic (exact) mass is 181 g/mol. The van der Waals surface area contributed by atoms with E-state index in [4.69, 9.17) is 6.42 Å². The molecule has 1 N–H and O–H groups in total. The Bertz CT molecular complexity index is 159. The van der Waals surface area contributed by atoms with E-state index in [1.54, 1.807) is 0 Å². The molecule has 0 aliphatic carbocycles. The van der Waals surface area contributed by atoms with Gasteiger partial charge in [0, 0.05) is 12.0 Å². The molecule has 0 aliphatic heterocycles. The fourth-order valence-corrected chi connectivity index (χ4v) is 1.17. The average Bonchev–Trinajstić information content (AvgIpc) is 1.98. The first kappa shape index (κ1) is 12.5. The van der Waals surface area contributed by atoms with Crippen LogP contribution in [0.15, 0.2) is 0 Å². The van der Waals surface area contributed by atoms with E-state index in [-0.39, 0.29) is 5.54 Å². The zero-order valence-corrected chi connectivity index (χ0v) is 9.48. The molecule has 0 aliphatic rings. The molecule has 1 atom stereocenters. The SMILES string of the molecule is C#CCCC(C)CCNC(C)(C)C. The molecule has 0 amide bonds. The molecule has 0 heterocycles. The molecular formula is C12H23N. The van der Waals surface area contributed by atoms with Crippen LogP contribution in [0, 0.1) is 18.3 Å². The van der Waals surface area contributed by atoms with Crippen molar-refractivity contribution in [2.75, 3.05) is 6.54 Å². The van der Waals surface area contributed by atoms with E-state index < -0.39 is 0 Å². The highest BCUT2D eigenvalue weighted by atomic mass is 14.9. The zero-order chi connectivity index (χ0) is 10.3. The van der Waals surface area contributed by atoms with Crippen molar-refractivity contribution >= 4 is 0 Å². The molecular weight excluding hydrogens is 158 g/mol. The van der Waals surface area contributed by atoms with Crippen molar-refractivity contribution < 1.29 is 0 Å². The van der Waals surface area contributed by atoms with Gasteiger partial charge in [0.15, 0.2) is 0 Å². The Morgan fingerprint density at radius 1 is 1.31 bits per heavy atom. The van der Waals surface area contributed by atoms with E-state index in [1.807, 2.05) is 0 Å². The molecule has 0 aromatic carbocycles. The number of nitrogens with one attached hydrogen (secondary N) is 1. The summed E-state index contributed by atoms with van der Waals surface area (Å²) >= 11 is 0. The predicted octanol–water partition coefficient (Wildman–Crippen LogP) is 2.81. The van der Waals surface area contributed by atoms with E-state index in [0.29, 0.717) is 0 Å². The summed E-state index contributed by atoms with van der Waals surface area (Å²) in [7, 11) is 0. The minimum Gasteiger partial charge on any atom is -0.312 e. The molecule has 0 radical (unpaired) electrons. The fraction of sp³-hybridized carbons (Fsp3) is 0.833. The minimum atomic E-state index is 0.242. The van der Waals surface area contributed by atoms with Gasteiger partial charge in [0.1, 0.15) is 0 Å². The molecule has 13 heavy (non-hydrogen) atoms. The quantitative estimate of drug-likeness (QED) is 0.643. The second-order valence-corrected chi connectivity index (χ2v) is 4.81. The highest BCUT2D eigenvalue weighted by Gasteiger charge is 2.08. The van der Waals surface area contributed by atoms with Gasteiger partial charge in [-0.05, 0) is 46.1 Å². The summed E-state index contributed by atoms with van der Waals surface area (Å²) in [5.74, 6) is 3.43. The molecule has 0 rings (SSSR count). The molecule has 0 bridgehead atoms. The van der Waals surface area contributed by atoms with Gasteiger partial charge in [-0.15, -0.1) is 12.3 Å². The largest absolute Gasteiger partial charge is 0.312 e. The van der Waals surface area contributed by atoms with E-state index in [2.05, 4.69) is 38.9 Å². The summed E-state index contributed by atoms with van der Waals surface area (Å²) < 4.78 is 0. The van der Waals surface area contributed by atoms with Gasteiger partial charge in [0.05, 0.1) is 0 Å². The number of terminal acetylenes is 1. The van der Waals surface area contributed by atoms with E-state index in [9.17, 15) is 0 Å². The van der Waals surface area contributed by atoms with Crippen LogP contribution in [0.1, 0.15) is 47.0 Å². The van der Waals surface area contributed by atoms with Crippen LogP contribution in [0.3, 0.4) is 0 Å². The molecule has 0 saturated carbocycles. The summed E-state index contributed by atoms with van der Waals surface area (Å²) in [6, 6.07) is 0. The van der Waals surface area contributed by atoms with E-state index in [1.165, 1.54) is 6.42 Å². The lowest BCUT2D eigenvalue weighted by atomic mass is 10.0. The third-order valence-electron chi connectivity index (χ3n) is 2.07. The first-order valence-electron chi connectivity index (χ1n) is 5.14. The second-order valence-electron chi connectivity index (χ2n) is 4.81. The van der Waals surface area contributed by atoms with Crippen LogP contribution >= 0.6 is 0 Å². The van der Waals surface area contributed by atoms with Gasteiger partial charge in [0.25, 0.3) is 0 Å². The Morgan fingerprint density at radius 3 is 2.38 bits per heavy atom. The van der Waals surface area contributed by atoms with Crippen LogP contribution in [-0.4, -0.2) is 12.1 Å². The van der Waals surface area contributed by atoms with Crippen LogP contribution in [-0.2, 0) is 0 Å². The molecule has 76 valence electrons. The van der Waals surface area contributed by atoms with Gasteiger partial charge < -0.3 is 5.32 Å². The number of hydrogen-bond acceptors (Lipinski definition) is 1. The van der Waals surface area contributed by atoms with Gasteiger partial charge in [-0.3, -0.25) is 0 Å². The predicted molar refractivity (Wildman–Crippen MR) is 59.6 cm³/mol. The third kappa shape index (κ3) is 9.43. The fourth-order valence-electron chi connectivity index (χ4n) is 1.17. The van der Waals surface area contributed by atoms with Crippen molar-refractivity contribution in [2.45, 2.75) is 52.5 Å². The summed E-state index contributed by atoms with van der Waals surface area (Å²) in [5.41, 5.74) is 0.242. The molecule has 0 fully saturated rings. The molecule has 0 aromatic heterocycles.